The molecule has 5 nitrogen and oxygen atoms in total. The minimum Gasteiger partial charge on any atom is -0.493 e. The molecule has 0 spiro atoms. The van der Waals surface area contributed by atoms with Gasteiger partial charge in [-0.15, -0.1) is 0 Å². The van der Waals surface area contributed by atoms with Crippen molar-refractivity contribution in [2.24, 2.45) is 0 Å². The standard InChI is InChI=1S/C20H30F2N2O3/c1-25-17-7-5-6-16(18(17)27-19(21)22)14-23-15-20(8-12-26-13-9-20)24-10-3-2-4-11-24/h5-7,19,23H,2-4,8-15H2,1H3. The Balaban J connectivity index is 1.68. The first-order valence-corrected chi connectivity index (χ1v) is 9.79. The summed E-state index contributed by atoms with van der Waals surface area (Å²) in [5, 5.41) is 3.50. The van der Waals surface area contributed by atoms with Gasteiger partial charge in [0.05, 0.1) is 7.11 Å². The van der Waals surface area contributed by atoms with E-state index in [1.165, 1.54) is 26.4 Å². The summed E-state index contributed by atoms with van der Waals surface area (Å²) >= 11 is 0. The van der Waals surface area contributed by atoms with Gasteiger partial charge < -0.3 is 19.5 Å². The fourth-order valence-corrected chi connectivity index (χ4v) is 4.24. The first-order chi connectivity index (χ1) is 13.1. The van der Waals surface area contributed by atoms with Crippen molar-refractivity contribution in [3.63, 3.8) is 0 Å². The number of hydrogen-bond acceptors (Lipinski definition) is 5. The second-order valence-electron chi connectivity index (χ2n) is 7.32. The third-order valence-corrected chi connectivity index (χ3v) is 5.71. The van der Waals surface area contributed by atoms with Crippen molar-refractivity contribution in [3.8, 4) is 11.5 Å². The van der Waals surface area contributed by atoms with E-state index in [0.29, 0.717) is 17.9 Å². The van der Waals surface area contributed by atoms with Crippen molar-refractivity contribution in [2.75, 3.05) is 40.0 Å². The summed E-state index contributed by atoms with van der Waals surface area (Å²) in [7, 11) is 1.46. The number of hydrogen-bond donors (Lipinski definition) is 1. The number of piperidine rings is 1. The predicted octanol–water partition coefficient (Wildman–Crippen LogP) is 3.42. The molecule has 0 radical (unpaired) electrons. The molecule has 0 aromatic heterocycles. The molecule has 7 heteroatoms. The molecular weight excluding hydrogens is 354 g/mol. The highest BCUT2D eigenvalue weighted by Crippen LogP contribution is 2.33. The van der Waals surface area contributed by atoms with E-state index in [0.717, 1.165) is 45.7 Å². The first kappa shape index (κ1) is 20.3. The smallest absolute Gasteiger partial charge is 0.387 e. The average molecular weight is 384 g/mol. The zero-order chi connectivity index (χ0) is 19.1. The molecule has 2 heterocycles. The number of benzene rings is 1. The monoisotopic (exact) mass is 384 g/mol. The second-order valence-corrected chi connectivity index (χ2v) is 7.32. The Bertz CT molecular complexity index is 589. The third-order valence-electron chi connectivity index (χ3n) is 5.71. The first-order valence-electron chi connectivity index (χ1n) is 9.79. The van der Waals surface area contributed by atoms with Crippen LogP contribution in [0.5, 0.6) is 11.5 Å². The molecule has 152 valence electrons. The number of ether oxygens (including phenoxy) is 3. The molecule has 2 aliphatic rings. The summed E-state index contributed by atoms with van der Waals surface area (Å²) in [4.78, 5) is 2.61. The number of halogens is 2. The second kappa shape index (κ2) is 9.66. The summed E-state index contributed by atoms with van der Waals surface area (Å²) in [6.45, 7) is 2.18. The van der Waals surface area contributed by atoms with Crippen molar-refractivity contribution in [2.45, 2.75) is 50.8 Å². The van der Waals surface area contributed by atoms with E-state index in [2.05, 4.69) is 10.2 Å². The van der Waals surface area contributed by atoms with E-state index in [1.54, 1.807) is 18.2 Å². The SMILES string of the molecule is COc1cccc(CNCC2(N3CCCCC3)CCOCC2)c1OC(F)F. The van der Waals surface area contributed by atoms with E-state index in [4.69, 9.17) is 14.2 Å². The molecule has 1 aromatic carbocycles. The molecule has 0 atom stereocenters. The Morgan fingerprint density at radius 3 is 2.59 bits per heavy atom. The van der Waals surface area contributed by atoms with Gasteiger partial charge in [-0.25, -0.2) is 0 Å². The minimum absolute atomic E-state index is 0.0846. The zero-order valence-corrected chi connectivity index (χ0v) is 16.0. The van der Waals surface area contributed by atoms with E-state index >= 15 is 0 Å². The molecule has 0 unspecified atom stereocenters. The number of alkyl halides is 2. The molecule has 1 aromatic rings. The van der Waals surface area contributed by atoms with Crippen LogP contribution in [0.1, 0.15) is 37.7 Å². The normalized spacial score (nSPS) is 20.6. The van der Waals surface area contributed by atoms with Gasteiger partial charge in [0, 0.05) is 37.4 Å². The van der Waals surface area contributed by atoms with E-state index in [9.17, 15) is 8.78 Å². The van der Waals surface area contributed by atoms with Gasteiger partial charge >= 0.3 is 6.61 Å². The van der Waals surface area contributed by atoms with Crippen molar-refractivity contribution in [1.29, 1.82) is 0 Å². The molecule has 2 saturated heterocycles. The molecule has 3 rings (SSSR count). The van der Waals surface area contributed by atoms with Crippen LogP contribution >= 0.6 is 0 Å². The minimum atomic E-state index is -2.88. The van der Waals surface area contributed by atoms with Gasteiger partial charge in [0.1, 0.15) is 0 Å². The summed E-state index contributed by atoms with van der Waals surface area (Å²) in [5.74, 6) is 0.438. The zero-order valence-electron chi connectivity index (χ0n) is 16.0. The maximum atomic E-state index is 12.8. The van der Waals surface area contributed by atoms with Crippen molar-refractivity contribution in [3.05, 3.63) is 23.8 Å². The molecule has 0 amide bonds. The lowest BCUT2D eigenvalue weighted by molar-refractivity contribution is -0.0521. The van der Waals surface area contributed by atoms with Gasteiger partial charge in [0.15, 0.2) is 11.5 Å². The molecule has 1 N–H and O–H groups in total. The number of likely N-dealkylation sites (tertiary alicyclic amines) is 1. The average Bonchev–Trinajstić information content (AvgIpc) is 2.70. The third kappa shape index (κ3) is 5.09. The summed E-state index contributed by atoms with van der Waals surface area (Å²) in [6, 6.07) is 5.22. The number of para-hydroxylation sites is 1. The quantitative estimate of drug-likeness (QED) is 0.744. The molecule has 2 fully saturated rings. The van der Waals surface area contributed by atoms with Gasteiger partial charge in [-0.05, 0) is 44.8 Å². The van der Waals surface area contributed by atoms with Gasteiger partial charge in [0.25, 0.3) is 0 Å². The molecule has 0 saturated carbocycles. The number of nitrogens with zero attached hydrogens (tertiary/aromatic N) is 1. The van der Waals surface area contributed by atoms with Crippen LogP contribution in [-0.4, -0.2) is 57.0 Å². The van der Waals surface area contributed by atoms with E-state index in [1.807, 2.05) is 0 Å². The maximum Gasteiger partial charge on any atom is 0.387 e. The van der Waals surface area contributed by atoms with Gasteiger partial charge in [0.2, 0.25) is 0 Å². The number of nitrogens with one attached hydrogen (secondary N) is 1. The van der Waals surface area contributed by atoms with Crippen LogP contribution in [0.2, 0.25) is 0 Å². The Morgan fingerprint density at radius 2 is 1.93 bits per heavy atom. The van der Waals surface area contributed by atoms with Crippen LogP contribution in [0.3, 0.4) is 0 Å². The molecule has 2 aliphatic heterocycles. The van der Waals surface area contributed by atoms with Crippen LogP contribution in [0, 0.1) is 0 Å². The fraction of sp³-hybridized carbons (Fsp3) is 0.700. The van der Waals surface area contributed by atoms with Crippen LogP contribution < -0.4 is 14.8 Å². The predicted molar refractivity (Wildman–Crippen MR) is 99.5 cm³/mol. The molecule has 0 bridgehead atoms. The summed E-state index contributed by atoms with van der Waals surface area (Å²) < 4.78 is 41.1. The topological polar surface area (TPSA) is 43.0 Å². The van der Waals surface area contributed by atoms with Crippen molar-refractivity contribution >= 4 is 0 Å². The summed E-state index contributed by atoms with van der Waals surface area (Å²) in [5.41, 5.74) is 0.761. The Morgan fingerprint density at radius 1 is 1.19 bits per heavy atom. The molecule has 0 aliphatic carbocycles. The fourth-order valence-electron chi connectivity index (χ4n) is 4.24. The maximum absolute atomic E-state index is 12.8. The summed E-state index contributed by atoms with van der Waals surface area (Å²) in [6.07, 6.45) is 5.78. The van der Waals surface area contributed by atoms with Gasteiger partial charge in [-0.2, -0.15) is 8.78 Å². The highest BCUT2D eigenvalue weighted by atomic mass is 19.3. The van der Waals surface area contributed by atoms with E-state index < -0.39 is 6.61 Å². The van der Waals surface area contributed by atoms with Crippen molar-refractivity contribution in [1.82, 2.24) is 10.2 Å². The number of rotatable bonds is 8. The Hall–Kier alpha value is -1.44. The van der Waals surface area contributed by atoms with Crippen LogP contribution in [0.15, 0.2) is 18.2 Å². The Labute approximate surface area is 160 Å². The molecular formula is C20H30F2N2O3. The van der Waals surface area contributed by atoms with E-state index in [-0.39, 0.29) is 11.3 Å². The lowest BCUT2D eigenvalue weighted by atomic mass is 9.86. The highest BCUT2D eigenvalue weighted by Gasteiger charge is 2.38. The van der Waals surface area contributed by atoms with Crippen LogP contribution in [-0.2, 0) is 11.3 Å². The van der Waals surface area contributed by atoms with Crippen LogP contribution in [0.25, 0.3) is 0 Å². The largest absolute Gasteiger partial charge is 0.493 e. The lowest BCUT2D eigenvalue weighted by Gasteiger charge is -2.48. The molecule has 27 heavy (non-hydrogen) atoms. The number of methoxy groups -OCH3 is 1. The van der Waals surface area contributed by atoms with Gasteiger partial charge in [-0.1, -0.05) is 18.6 Å². The van der Waals surface area contributed by atoms with Gasteiger partial charge in [-0.3, -0.25) is 4.90 Å². The Kier molecular flexibility index (Phi) is 7.26. The van der Waals surface area contributed by atoms with Crippen LogP contribution in [0.4, 0.5) is 8.78 Å². The van der Waals surface area contributed by atoms with Crippen molar-refractivity contribution < 1.29 is 23.0 Å². The lowest BCUT2D eigenvalue weighted by Crippen LogP contribution is -2.59. The highest BCUT2D eigenvalue weighted by molar-refractivity contribution is 5.46.